The SMILES string of the molecule is c1ccc(C2CCCc3c2ccc2c3ccc3ccccc32)cc1.c1ccncc1. The second-order valence-corrected chi connectivity index (χ2v) is 7.90. The highest BCUT2D eigenvalue weighted by atomic mass is 14.6. The quantitative estimate of drug-likeness (QED) is 0.271. The lowest BCUT2D eigenvalue weighted by Crippen LogP contribution is -2.11. The number of hydrogen-bond acceptors (Lipinski definition) is 1. The lowest BCUT2D eigenvalue weighted by Gasteiger charge is -2.27. The minimum atomic E-state index is 0.547. The molecule has 1 heteroatoms. The third-order valence-corrected chi connectivity index (χ3v) is 6.14. The molecule has 0 aliphatic heterocycles. The van der Waals surface area contributed by atoms with E-state index < -0.39 is 0 Å². The standard InChI is InChI=1S/C24H20.C5H5N/c1-2-7-17(8-3-1)20-11-6-12-21-22(20)15-16-23-19-10-5-4-9-18(19)13-14-24(21)23;1-2-4-6-5-3-1/h1-5,7-10,13-16,20H,6,11-12H2;1-5H. The van der Waals surface area contributed by atoms with E-state index in [1.54, 1.807) is 18.0 Å². The number of aryl methyl sites for hydroxylation is 1. The Labute approximate surface area is 178 Å². The molecule has 30 heavy (non-hydrogen) atoms. The Bertz CT molecular complexity index is 1230. The third-order valence-electron chi connectivity index (χ3n) is 6.14. The highest BCUT2D eigenvalue weighted by Gasteiger charge is 2.23. The maximum Gasteiger partial charge on any atom is 0.0267 e. The van der Waals surface area contributed by atoms with E-state index in [4.69, 9.17) is 0 Å². The maximum absolute atomic E-state index is 3.78. The summed E-state index contributed by atoms with van der Waals surface area (Å²) in [6, 6.07) is 34.8. The molecular weight excluding hydrogens is 362 g/mol. The van der Waals surface area contributed by atoms with Gasteiger partial charge in [-0.3, -0.25) is 4.98 Å². The molecule has 1 atom stereocenters. The zero-order valence-electron chi connectivity index (χ0n) is 17.0. The largest absolute Gasteiger partial charge is 0.265 e. The van der Waals surface area contributed by atoms with E-state index >= 15 is 0 Å². The molecule has 1 aliphatic rings. The molecule has 146 valence electrons. The van der Waals surface area contributed by atoms with Gasteiger partial charge in [-0.1, -0.05) is 84.9 Å². The summed E-state index contributed by atoms with van der Waals surface area (Å²) in [6.45, 7) is 0. The van der Waals surface area contributed by atoms with E-state index in [0.717, 1.165) is 0 Å². The first kappa shape index (κ1) is 18.6. The van der Waals surface area contributed by atoms with Gasteiger partial charge >= 0.3 is 0 Å². The minimum Gasteiger partial charge on any atom is -0.265 e. The molecule has 1 aromatic heterocycles. The van der Waals surface area contributed by atoms with Crippen LogP contribution in [0, 0.1) is 0 Å². The van der Waals surface area contributed by atoms with Crippen LogP contribution in [0.4, 0.5) is 0 Å². The molecule has 4 aromatic carbocycles. The Balaban J connectivity index is 0.000000279. The average Bonchev–Trinajstić information content (AvgIpc) is 2.85. The van der Waals surface area contributed by atoms with Gasteiger partial charge in [0.15, 0.2) is 0 Å². The van der Waals surface area contributed by atoms with Crippen molar-refractivity contribution in [3.63, 3.8) is 0 Å². The van der Waals surface area contributed by atoms with E-state index in [9.17, 15) is 0 Å². The van der Waals surface area contributed by atoms with Gasteiger partial charge in [0.05, 0.1) is 0 Å². The fourth-order valence-electron chi connectivity index (χ4n) is 4.76. The van der Waals surface area contributed by atoms with Gasteiger partial charge in [0.2, 0.25) is 0 Å². The summed E-state index contributed by atoms with van der Waals surface area (Å²) in [5.74, 6) is 0.547. The smallest absolute Gasteiger partial charge is 0.0267 e. The minimum absolute atomic E-state index is 0.547. The molecule has 0 bridgehead atoms. The topological polar surface area (TPSA) is 12.9 Å². The molecule has 6 rings (SSSR count). The second-order valence-electron chi connectivity index (χ2n) is 7.90. The second kappa shape index (κ2) is 8.51. The maximum atomic E-state index is 3.78. The highest BCUT2D eigenvalue weighted by molar-refractivity contribution is 6.08. The molecule has 0 spiro atoms. The summed E-state index contributed by atoms with van der Waals surface area (Å²) in [7, 11) is 0. The van der Waals surface area contributed by atoms with Gasteiger partial charge in [0.25, 0.3) is 0 Å². The highest BCUT2D eigenvalue weighted by Crippen LogP contribution is 2.41. The number of hydrogen-bond donors (Lipinski definition) is 0. The monoisotopic (exact) mass is 387 g/mol. The van der Waals surface area contributed by atoms with Crippen LogP contribution < -0.4 is 0 Å². The van der Waals surface area contributed by atoms with Gasteiger partial charge < -0.3 is 0 Å². The van der Waals surface area contributed by atoms with Crippen LogP contribution >= 0.6 is 0 Å². The normalized spacial score (nSPS) is 15.3. The van der Waals surface area contributed by atoms with Crippen molar-refractivity contribution in [2.45, 2.75) is 25.2 Å². The van der Waals surface area contributed by atoms with Crippen LogP contribution in [0.3, 0.4) is 0 Å². The predicted molar refractivity (Wildman–Crippen MR) is 127 cm³/mol. The molecule has 1 heterocycles. The fraction of sp³-hybridized carbons (Fsp3) is 0.138. The lowest BCUT2D eigenvalue weighted by molar-refractivity contribution is 0.619. The average molecular weight is 388 g/mol. The van der Waals surface area contributed by atoms with Crippen LogP contribution in [0.15, 0.2) is 109 Å². The first-order valence-corrected chi connectivity index (χ1v) is 10.7. The lowest BCUT2D eigenvalue weighted by atomic mass is 9.77. The fourth-order valence-corrected chi connectivity index (χ4v) is 4.76. The van der Waals surface area contributed by atoms with Crippen molar-refractivity contribution < 1.29 is 0 Å². The number of rotatable bonds is 1. The van der Waals surface area contributed by atoms with Crippen LogP contribution in [0.25, 0.3) is 21.5 Å². The molecule has 5 aromatic rings. The van der Waals surface area contributed by atoms with Crippen LogP contribution in [0.5, 0.6) is 0 Å². The first-order chi connectivity index (χ1) is 14.9. The number of nitrogens with zero attached hydrogens (tertiary/aromatic N) is 1. The molecule has 0 N–H and O–H groups in total. The van der Waals surface area contributed by atoms with Crippen LogP contribution in [-0.2, 0) is 6.42 Å². The van der Waals surface area contributed by atoms with Crippen LogP contribution in [0.2, 0.25) is 0 Å². The molecule has 1 nitrogen and oxygen atoms in total. The molecule has 0 fully saturated rings. The van der Waals surface area contributed by atoms with Crippen molar-refractivity contribution in [3.05, 3.63) is 126 Å². The zero-order valence-corrected chi connectivity index (χ0v) is 17.0. The van der Waals surface area contributed by atoms with Gasteiger partial charge in [-0.15, -0.1) is 0 Å². The van der Waals surface area contributed by atoms with E-state index in [1.807, 2.05) is 18.2 Å². The molecule has 0 saturated carbocycles. The van der Waals surface area contributed by atoms with Crippen molar-refractivity contribution in [1.29, 1.82) is 0 Å². The third kappa shape index (κ3) is 3.59. The molecule has 0 radical (unpaired) electrons. The van der Waals surface area contributed by atoms with Crippen molar-refractivity contribution in [2.75, 3.05) is 0 Å². The van der Waals surface area contributed by atoms with Crippen LogP contribution in [-0.4, -0.2) is 4.98 Å². The summed E-state index contributed by atoms with van der Waals surface area (Å²) in [4.78, 5) is 3.78. The predicted octanol–water partition coefficient (Wildman–Crippen LogP) is 7.54. The van der Waals surface area contributed by atoms with E-state index in [-0.39, 0.29) is 0 Å². The van der Waals surface area contributed by atoms with E-state index in [0.29, 0.717) is 5.92 Å². The summed E-state index contributed by atoms with van der Waals surface area (Å²) in [5.41, 5.74) is 4.56. The van der Waals surface area contributed by atoms with Crippen molar-refractivity contribution in [1.82, 2.24) is 4.98 Å². The summed E-state index contributed by atoms with van der Waals surface area (Å²) >= 11 is 0. The number of aromatic nitrogens is 1. The van der Waals surface area contributed by atoms with Crippen molar-refractivity contribution in [3.8, 4) is 0 Å². The van der Waals surface area contributed by atoms with Gasteiger partial charge in [-0.05, 0) is 69.6 Å². The molecule has 0 amide bonds. The van der Waals surface area contributed by atoms with Gasteiger partial charge in [-0.25, -0.2) is 0 Å². The molecule has 0 saturated heterocycles. The van der Waals surface area contributed by atoms with E-state index in [2.05, 4.69) is 83.8 Å². The van der Waals surface area contributed by atoms with Crippen LogP contribution in [0.1, 0.15) is 35.4 Å². The summed E-state index contributed by atoms with van der Waals surface area (Å²) in [5, 5.41) is 5.56. The number of benzene rings is 4. The van der Waals surface area contributed by atoms with Crippen molar-refractivity contribution in [2.24, 2.45) is 0 Å². The Kier molecular flexibility index (Phi) is 5.26. The van der Waals surface area contributed by atoms with Gasteiger partial charge in [0.1, 0.15) is 0 Å². The number of fused-ring (bicyclic) bond motifs is 5. The summed E-state index contributed by atoms with van der Waals surface area (Å²) in [6.07, 6.45) is 7.24. The first-order valence-electron chi connectivity index (χ1n) is 10.7. The van der Waals surface area contributed by atoms with Crippen molar-refractivity contribution >= 4 is 21.5 Å². The zero-order chi connectivity index (χ0) is 20.2. The van der Waals surface area contributed by atoms with E-state index in [1.165, 1.54) is 51.9 Å². The van der Waals surface area contributed by atoms with Gasteiger partial charge in [-0.2, -0.15) is 0 Å². The van der Waals surface area contributed by atoms with Gasteiger partial charge in [0, 0.05) is 18.3 Å². The molecular formula is C29H25N. The molecule has 1 aliphatic carbocycles. The number of pyridine rings is 1. The molecule has 1 unspecified atom stereocenters. The Morgan fingerprint density at radius 2 is 1.33 bits per heavy atom. The summed E-state index contributed by atoms with van der Waals surface area (Å²) < 4.78 is 0. The Hall–Kier alpha value is -3.45. The Morgan fingerprint density at radius 1 is 0.600 bits per heavy atom. The Morgan fingerprint density at radius 3 is 2.10 bits per heavy atom.